The van der Waals surface area contributed by atoms with Crippen molar-refractivity contribution in [2.24, 2.45) is 17.8 Å². The molecule has 1 aliphatic carbocycles. The number of ether oxygens (including phenoxy) is 1. The van der Waals surface area contributed by atoms with Gasteiger partial charge in [0, 0.05) is 51.7 Å². The van der Waals surface area contributed by atoms with Gasteiger partial charge in [0.15, 0.2) is 34.4 Å². The number of carbonyl (C=O) groups excluding carboxylic acids is 2. The van der Waals surface area contributed by atoms with Gasteiger partial charge in [-0.1, -0.05) is 99.4 Å². The Balaban J connectivity index is 1.23. The number of phosphoric acid groups is 1. The number of Topliss-reactive ketones (excluding diaryl/α,β-unsaturated/α-hetero) is 1. The summed E-state index contributed by atoms with van der Waals surface area (Å²) in [6.07, 6.45) is -1.93. The normalized spacial score (nSPS) is 22.8. The summed E-state index contributed by atoms with van der Waals surface area (Å²) >= 11 is 14.0. The zero-order valence-corrected chi connectivity index (χ0v) is 34.0. The van der Waals surface area contributed by atoms with Crippen molar-refractivity contribution in [3.63, 3.8) is 0 Å². The van der Waals surface area contributed by atoms with E-state index in [0.29, 0.717) is 39.9 Å². The number of amides is 1. The Hall–Kier alpha value is -4.75. The minimum absolute atomic E-state index is 0.0905. The Morgan fingerprint density at radius 1 is 1.02 bits per heavy atom. The Morgan fingerprint density at radius 2 is 1.79 bits per heavy atom. The van der Waals surface area contributed by atoms with Crippen LogP contribution in [0.2, 0.25) is 5.15 Å². The summed E-state index contributed by atoms with van der Waals surface area (Å²) in [6, 6.07) is 17.0. The number of aromatic nitrogens is 2. The molecule has 16 heteroatoms. The van der Waals surface area contributed by atoms with Crippen molar-refractivity contribution in [3.05, 3.63) is 110 Å². The van der Waals surface area contributed by atoms with Crippen LogP contribution < -0.4 is 15.4 Å². The lowest BCUT2D eigenvalue weighted by Gasteiger charge is -2.29. The fourth-order valence-corrected chi connectivity index (χ4v) is 10.6. The van der Waals surface area contributed by atoms with Crippen LogP contribution in [0.15, 0.2) is 68.5 Å². The number of hydrogen-bond donors (Lipinski definition) is 4. The van der Waals surface area contributed by atoms with Crippen molar-refractivity contribution in [3.8, 4) is 28.5 Å². The van der Waals surface area contributed by atoms with Crippen molar-refractivity contribution in [1.82, 2.24) is 15.3 Å². The summed E-state index contributed by atoms with van der Waals surface area (Å²) in [4.78, 5) is 57.3. The van der Waals surface area contributed by atoms with Crippen LogP contribution in [0.1, 0.15) is 85.4 Å². The Bertz CT molecular complexity index is 2700. The highest BCUT2D eigenvalue weighted by Gasteiger charge is 2.62. The molecule has 3 aromatic carbocycles. The molecule has 1 amide bonds. The van der Waals surface area contributed by atoms with Gasteiger partial charge in [0.05, 0.1) is 0 Å². The van der Waals surface area contributed by atoms with Crippen LogP contribution in [-0.4, -0.2) is 43.8 Å². The summed E-state index contributed by atoms with van der Waals surface area (Å²) < 4.78 is 37.3. The number of halogens is 2. The quantitative estimate of drug-likeness (QED) is 0.116. The van der Waals surface area contributed by atoms with E-state index in [1.54, 1.807) is 13.8 Å². The molecule has 58 heavy (non-hydrogen) atoms. The van der Waals surface area contributed by atoms with Crippen molar-refractivity contribution >= 4 is 54.0 Å². The molecule has 6 heterocycles. The third kappa shape index (κ3) is 5.51. The van der Waals surface area contributed by atoms with E-state index in [1.807, 2.05) is 68.4 Å². The number of benzene rings is 3. The summed E-state index contributed by atoms with van der Waals surface area (Å²) in [5.41, 5.74) is 6.57. The van der Waals surface area contributed by atoms with E-state index in [2.05, 4.69) is 10.6 Å². The summed E-state index contributed by atoms with van der Waals surface area (Å²) in [7, 11) is -5.03. The van der Waals surface area contributed by atoms with Gasteiger partial charge in [-0.25, -0.2) is 9.55 Å². The van der Waals surface area contributed by atoms with Gasteiger partial charge in [0.1, 0.15) is 23.3 Å². The molecule has 10 bridgehead atoms. The maximum atomic E-state index is 14.4. The van der Waals surface area contributed by atoms with Crippen LogP contribution in [0.25, 0.3) is 28.3 Å². The first-order chi connectivity index (χ1) is 27.6. The van der Waals surface area contributed by atoms with Crippen LogP contribution in [0.5, 0.6) is 5.75 Å². The first kappa shape index (κ1) is 37.5. The highest BCUT2D eigenvalue weighted by molar-refractivity contribution is 7.46. The van der Waals surface area contributed by atoms with Crippen molar-refractivity contribution in [2.45, 2.75) is 70.7 Å². The standard InChI is InChI=1S/C42H37Cl2N4O9P/c1-17(2)31-39-46-33-36(56-39)42-24-10-6-9-23(22-8-5-7-20-15-26(43)30(29(20)22)35-37(44)48-40(33)55-35)32(24)47-41(42)54-28-12-11-19(14-25(28)42)13-21(38(50)45-31)16-27(49)34(18(3)4)57-58(51,52)53/h5-12,14,17-18,21,31,34,41,47H,13,15-16H2,1-4H3,(H,45,50)(H2,51,52,53)/t21-,31+,34+,41?,42+/m1/s1. The Labute approximate surface area is 342 Å². The topological polar surface area (TPSA) is 186 Å². The number of carbonyl (C=O) groups is 2. The molecule has 1 spiro atoms. The molecule has 1 unspecified atom stereocenters. The number of nitrogens with one attached hydrogen (secondary N) is 2. The molecule has 0 fully saturated rings. The lowest BCUT2D eigenvalue weighted by Crippen LogP contribution is -2.41. The highest BCUT2D eigenvalue weighted by atomic mass is 35.5. The van der Waals surface area contributed by atoms with Crippen LogP contribution >= 0.6 is 31.0 Å². The van der Waals surface area contributed by atoms with E-state index < -0.39 is 55.1 Å². The van der Waals surface area contributed by atoms with Crippen LogP contribution in [-0.2, 0) is 36.9 Å². The van der Waals surface area contributed by atoms with E-state index in [9.17, 15) is 23.9 Å². The molecular formula is C42H37Cl2N4O9P. The number of ketones is 1. The fraction of sp³-hybridized carbons (Fsp3) is 0.333. The second kappa shape index (κ2) is 13.1. The second-order valence-electron chi connectivity index (χ2n) is 16.2. The molecule has 0 radical (unpaired) electrons. The summed E-state index contributed by atoms with van der Waals surface area (Å²) in [6.45, 7) is 7.07. The van der Waals surface area contributed by atoms with Gasteiger partial charge in [-0.2, -0.15) is 4.98 Å². The van der Waals surface area contributed by atoms with Crippen molar-refractivity contribution in [1.29, 1.82) is 0 Å². The predicted molar refractivity (Wildman–Crippen MR) is 213 cm³/mol. The van der Waals surface area contributed by atoms with Gasteiger partial charge in [-0.05, 0) is 46.6 Å². The molecule has 13 nitrogen and oxygen atoms in total. The van der Waals surface area contributed by atoms with Crippen molar-refractivity contribution < 1.29 is 42.0 Å². The smallest absolute Gasteiger partial charge is 0.469 e. The maximum Gasteiger partial charge on any atom is 0.470 e. The van der Waals surface area contributed by atoms with Crippen molar-refractivity contribution in [2.75, 3.05) is 5.32 Å². The molecule has 4 N–H and O–H groups in total. The zero-order valence-electron chi connectivity index (χ0n) is 31.6. The molecule has 0 saturated heterocycles. The number of anilines is 1. The van der Waals surface area contributed by atoms with Gasteiger partial charge in [-0.15, -0.1) is 0 Å². The Kier molecular flexibility index (Phi) is 8.49. The lowest BCUT2D eigenvalue weighted by atomic mass is 9.71. The first-order valence-electron chi connectivity index (χ1n) is 19.1. The lowest BCUT2D eigenvalue weighted by molar-refractivity contribution is -0.134. The molecule has 0 saturated carbocycles. The van der Waals surface area contributed by atoms with Crippen LogP contribution in [0.3, 0.4) is 0 Å². The van der Waals surface area contributed by atoms with E-state index >= 15 is 0 Å². The van der Waals surface area contributed by atoms with E-state index in [-0.39, 0.29) is 41.4 Å². The minimum Gasteiger partial charge on any atom is -0.469 e. The number of hydrogen-bond acceptors (Lipinski definition) is 10. The first-order valence-corrected chi connectivity index (χ1v) is 21.4. The van der Waals surface area contributed by atoms with E-state index in [0.717, 1.165) is 39.1 Å². The second-order valence-corrected chi connectivity index (χ2v) is 18.2. The molecular weight excluding hydrogens is 806 g/mol. The molecule has 5 aliphatic rings. The number of fused-ring (bicyclic) bond motifs is 7. The average Bonchev–Trinajstić information content (AvgIpc) is 3.96. The van der Waals surface area contributed by atoms with Gasteiger partial charge in [-0.3, -0.25) is 14.1 Å². The van der Waals surface area contributed by atoms with Crippen LogP contribution in [0.4, 0.5) is 5.69 Å². The third-order valence-electron chi connectivity index (χ3n) is 11.9. The number of para-hydroxylation sites is 1. The Morgan fingerprint density at radius 3 is 2.55 bits per heavy atom. The molecule has 298 valence electrons. The molecule has 10 rings (SSSR count). The largest absolute Gasteiger partial charge is 0.470 e. The number of phosphoric ester groups is 1. The number of allylic oxidation sites excluding steroid dienone is 1. The van der Waals surface area contributed by atoms with Gasteiger partial charge < -0.3 is 34.0 Å². The highest BCUT2D eigenvalue weighted by Crippen LogP contribution is 2.62. The maximum absolute atomic E-state index is 14.4. The fourth-order valence-electron chi connectivity index (χ4n) is 9.37. The van der Waals surface area contributed by atoms with E-state index in [1.165, 1.54) is 0 Å². The van der Waals surface area contributed by atoms with E-state index in [4.69, 9.17) is 51.3 Å². The molecule has 2 aromatic heterocycles. The number of oxazole rings is 2. The van der Waals surface area contributed by atoms with Crippen LogP contribution in [0, 0.1) is 17.8 Å². The molecule has 4 aliphatic heterocycles. The number of nitrogens with zero attached hydrogens (tertiary/aromatic N) is 2. The zero-order chi connectivity index (χ0) is 40.6. The predicted octanol–water partition coefficient (Wildman–Crippen LogP) is 8.07. The number of rotatable bonds is 7. The summed E-state index contributed by atoms with van der Waals surface area (Å²) in [5.74, 6) is -1.40. The van der Waals surface area contributed by atoms with Gasteiger partial charge in [0.2, 0.25) is 11.8 Å². The third-order valence-corrected chi connectivity index (χ3v) is 13.0. The van der Waals surface area contributed by atoms with Gasteiger partial charge in [0.25, 0.3) is 5.89 Å². The summed E-state index contributed by atoms with van der Waals surface area (Å²) in [5, 5.41) is 7.50. The average molecular weight is 844 g/mol. The van der Waals surface area contributed by atoms with Gasteiger partial charge >= 0.3 is 7.82 Å². The SMILES string of the molecule is CC(C)[C@H](OP(=O)(O)O)C(=O)C[C@H]1Cc2ccc3c(c2)[C@]24c5cccc(c5NC2O3)-c2cccc3c2C(=C(Cl)C3)c2oc(nc2Cl)-c2nc(oc24)[C@H](C(C)C)NC1=O. The molecule has 5 atom stereocenters. The minimum atomic E-state index is -5.03. The monoisotopic (exact) mass is 842 g/mol. The molecule has 5 aromatic rings.